The molecule has 1 atom stereocenters. The molecule has 21 heavy (non-hydrogen) atoms. The van der Waals surface area contributed by atoms with Crippen molar-refractivity contribution >= 4 is 16.0 Å². The molecule has 1 N–H and O–H groups in total. The third-order valence-corrected chi connectivity index (χ3v) is 5.80. The first-order chi connectivity index (χ1) is 9.80. The number of carbonyl (C=O) groups is 1. The second kappa shape index (κ2) is 6.11. The van der Waals surface area contributed by atoms with Crippen LogP contribution in [0.4, 0.5) is 4.39 Å². The smallest absolute Gasteiger partial charge is 0.303 e. The summed E-state index contributed by atoms with van der Waals surface area (Å²) < 4.78 is 39.5. The summed E-state index contributed by atoms with van der Waals surface area (Å²) in [6.45, 7) is 2.27. The number of sulfonamides is 1. The number of aryl methyl sites for hydroxylation is 1. The molecule has 0 saturated carbocycles. The van der Waals surface area contributed by atoms with E-state index < -0.39 is 21.8 Å². The number of hydrogen-bond acceptors (Lipinski definition) is 3. The molecule has 0 spiro atoms. The molecule has 1 fully saturated rings. The minimum absolute atomic E-state index is 0.0497. The van der Waals surface area contributed by atoms with Crippen LogP contribution in [0.5, 0.6) is 0 Å². The number of aliphatic carboxylic acids is 1. The molecule has 7 heteroatoms. The van der Waals surface area contributed by atoms with Crippen molar-refractivity contribution in [1.82, 2.24) is 4.31 Å². The summed E-state index contributed by atoms with van der Waals surface area (Å²) in [6, 6.07) is 3.62. The van der Waals surface area contributed by atoms with E-state index >= 15 is 0 Å². The maximum atomic E-state index is 13.1. The Morgan fingerprint density at radius 3 is 2.81 bits per heavy atom. The minimum atomic E-state index is -3.64. The molecule has 1 aliphatic rings. The monoisotopic (exact) mass is 315 g/mol. The van der Waals surface area contributed by atoms with Gasteiger partial charge in [-0.3, -0.25) is 4.79 Å². The molecule has 0 radical (unpaired) electrons. The number of carboxylic acids is 1. The van der Waals surface area contributed by atoms with Crippen molar-refractivity contribution in [2.24, 2.45) is 5.92 Å². The Balaban J connectivity index is 2.12. The maximum absolute atomic E-state index is 13.1. The van der Waals surface area contributed by atoms with Crippen LogP contribution in [0.25, 0.3) is 0 Å². The van der Waals surface area contributed by atoms with E-state index in [1.807, 2.05) is 0 Å². The summed E-state index contributed by atoms with van der Waals surface area (Å²) in [5.74, 6) is -1.27. The highest BCUT2D eigenvalue weighted by molar-refractivity contribution is 7.89. The van der Waals surface area contributed by atoms with Crippen molar-refractivity contribution in [3.8, 4) is 0 Å². The maximum Gasteiger partial charge on any atom is 0.303 e. The van der Waals surface area contributed by atoms with Crippen LogP contribution in [0.2, 0.25) is 0 Å². The van der Waals surface area contributed by atoms with E-state index in [9.17, 15) is 17.6 Å². The van der Waals surface area contributed by atoms with E-state index in [1.165, 1.54) is 16.4 Å². The number of carboxylic acid groups (broad SMARTS) is 1. The van der Waals surface area contributed by atoms with Gasteiger partial charge in [0.25, 0.3) is 0 Å². The summed E-state index contributed by atoms with van der Waals surface area (Å²) in [7, 11) is -3.64. The van der Waals surface area contributed by atoms with Gasteiger partial charge in [-0.15, -0.1) is 0 Å². The molecule has 0 amide bonds. The molecule has 1 unspecified atom stereocenters. The molecule has 0 aromatic heterocycles. The van der Waals surface area contributed by atoms with Gasteiger partial charge < -0.3 is 5.11 Å². The first kappa shape index (κ1) is 15.9. The van der Waals surface area contributed by atoms with Crippen molar-refractivity contribution in [3.63, 3.8) is 0 Å². The summed E-state index contributed by atoms with van der Waals surface area (Å²) in [6.07, 6.45) is 1.19. The van der Waals surface area contributed by atoms with Crippen LogP contribution < -0.4 is 0 Å². The lowest BCUT2D eigenvalue weighted by molar-refractivity contribution is -0.137. The third-order valence-electron chi connectivity index (χ3n) is 3.77. The van der Waals surface area contributed by atoms with Crippen LogP contribution in [0.15, 0.2) is 23.1 Å². The standard InChI is InChI=1S/C14H18FNO4S/c1-10-8-12(15)3-4-13(10)21(19,20)16-7-6-11(9-16)2-5-14(17)18/h3-4,8,11H,2,5-7,9H2,1H3,(H,17,18). The Hall–Kier alpha value is -1.47. The number of benzene rings is 1. The van der Waals surface area contributed by atoms with Crippen LogP contribution in [0.1, 0.15) is 24.8 Å². The van der Waals surface area contributed by atoms with E-state index in [2.05, 4.69) is 0 Å². The van der Waals surface area contributed by atoms with Crippen molar-refractivity contribution in [2.75, 3.05) is 13.1 Å². The second-order valence-corrected chi connectivity index (χ2v) is 7.27. The summed E-state index contributed by atoms with van der Waals surface area (Å²) in [4.78, 5) is 10.7. The van der Waals surface area contributed by atoms with Gasteiger partial charge in [0, 0.05) is 19.5 Å². The van der Waals surface area contributed by atoms with Gasteiger partial charge in [0.2, 0.25) is 10.0 Å². The van der Waals surface area contributed by atoms with Gasteiger partial charge in [-0.25, -0.2) is 12.8 Å². The second-order valence-electron chi connectivity index (χ2n) is 5.36. The molecular formula is C14H18FNO4S. The molecule has 1 saturated heterocycles. The van der Waals surface area contributed by atoms with Gasteiger partial charge in [-0.2, -0.15) is 4.31 Å². The van der Waals surface area contributed by atoms with Crippen molar-refractivity contribution in [1.29, 1.82) is 0 Å². The molecule has 2 rings (SSSR count). The highest BCUT2D eigenvalue weighted by Crippen LogP contribution is 2.28. The van der Waals surface area contributed by atoms with Crippen LogP contribution in [-0.2, 0) is 14.8 Å². The lowest BCUT2D eigenvalue weighted by Crippen LogP contribution is -2.29. The number of hydrogen-bond donors (Lipinski definition) is 1. The molecule has 1 aromatic rings. The average Bonchev–Trinajstić information content (AvgIpc) is 2.85. The van der Waals surface area contributed by atoms with Crippen LogP contribution in [-0.4, -0.2) is 36.9 Å². The summed E-state index contributed by atoms with van der Waals surface area (Å²) >= 11 is 0. The van der Waals surface area contributed by atoms with Gasteiger partial charge in [0.1, 0.15) is 5.82 Å². The summed E-state index contributed by atoms with van der Waals surface area (Å²) in [5, 5.41) is 8.67. The van der Waals surface area contributed by atoms with Crippen LogP contribution in [0.3, 0.4) is 0 Å². The Kier molecular flexibility index (Phi) is 4.63. The molecule has 0 aliphatic carbocycles. The van der Waals surface area contributed by atoms with E-state index in [1.54, 1.807) is 6.92 Å². The molecule has 0 bridgehead atoms. The lowest BCUT2D eigenvalue weighted by atomic mass is 10.0. The van der Waals surface area contributed by atoms with Gasteiger partial charge in [0.15, 0.2) is 0 Å². The normalized spacial score (nSPS) is 19.8. The SMILES string of the molecule is Cc1cc(F)ccc1S(=O)(=O)N1CCC(CCC(=O)O)C1. The van der Waals surface area contributed by atoms with Crippen LogP contribution in [0, 0.1) is 18.7 Å². The third kappa shape index (κ3) is 3.59. The van der Waals surface area contributed by atoms with Crippen LogP contribution >= 0.6 is 0 Å². The van der Waals surface area contributed by atoms with E-state index in [0.717, 1.165) is 6.07 Å². The molecule has 1 heterocycles. The minimum Gasteiger partial charge on any atom is -0.481 e. The van der Waals surface area contributed by atoms with Gasteiger partial charge in [0.05, 0.1) is 4.90 Å². The molecule has 1 aliphatic heterocycles. The molecular weight excluding hydrogens is 297 g/mol. The largest absolute Gasteiger partial charge is 0.481 e. The first-order valence-corrected chi connectivity index (χ1v) is 8.23. The van der Waals surface area contributed by atoms with Crippen molar-refractivity contribution in [3.05, 3.63) is 29.6 Å². The predicted octanol–water partition coefficient (Wildman–Crippen LogP) is 2.01. The first-order valence-electron chi connectivity index (χ1n) is 6.79. The molecule has 116 valence electrons. The van der Waals surface area contributed by atoms with Crippen molar-refractivity contribution < 1.29 is 22.7 Å². The predicted molar refractivity (Wildman–Crippen MR) is 74.9 cm³/mol. The Morgan fingerprint density at radius 2 is 2.19 bits per heavy atom. The van der Waals surface area contributed by atoms with E-state index in [4.69, 9.17) is 5.11 Å². The fraction of sp³-hybridized carbons (Fsp3) is 0.500. The zero-order valence-corrected chi connectivity index (χ0v) is 12.6. The quantitative estimate of drug-likeness (QED) is 0.902. The van der Waals surface area contributed by atoms with E-state index in [0.29, 0.717) is 31.5 Å². The lowest BCUT2D eigenvalue weighted by Gasteiger charge is -2.18. The fourth-order valence-corrected chi connectivity index (χ4v) is 4.36. The highest BCUT2D eigenvalue weighted by atomic mass is 32.2. The van der Waals surface area contributed by atoms with Gasteiger partial charge in [-0.1, -0.05) is 0 Å². The highest BCUT2D eigenvalue weighted by Gasteiger charge is 2.33. The zero-order valence-electron chi connectivity index (χ0n) is 11.8. The Morgan fingerprint density at radius 1 is 1.48 bits per heavy atom. The Bertz CT molecular complexity index is 644. The van der Waals surface area contributed by atoms with Crippen molar-refractivity contribution in [2.45, 2.75) is 31.1 Å². The number of nitrogens with zero attached hydrogens (tertiary/aromatic N) is 1. The topological polar surface area (TPSA) is 74.7 Å². The summed E-state index contributed by atoms with van der Waals surface area (Å²) in [5.41, 5.74) is 0.379. The molecule has 5 nitrogen and oxygen atoms in total. The van der Waals surface area contributed by atoms with Gasteiger partial charge in [-0.05, 0) is 49.4 Å². The number of halogens is 1. The fourth-order valence-electron chi connectivity index (χ4n) is 2.62. The Labute approximate surface area is 123 Å². The average molecular weight is 315 g/mol. The van der Waals surface area contributed by atoms with E-state index in [-0.39, 0.29) is 17.2 Å². The molecule has 1 aromatic carbocycles. The zero-order chi connectivity index (χ0) is 15.6. The van der Waals surface area contributed by atoms with Gasteiger partial charge >= 0.3 is 5.97 Å². The number of rotatable bonds is 5.